The van der Waals surface area contributed by atoms with Gasteiger partial charge in [-0.05, 0) is 12.1 Å². The third-order valence-electron chi connectivity index (χ3n) is 1.97. The van der Waals surface area contributed by atoms with E-state index in [2.05, 4.69) is 0 Å². The molecule has 0 heterocycles. The Balaban J connectivity index is 2.78. The van der Waals surface area contributed by atoms with Gasteiger partial charge in [-0.3, -0.25) is 10.1 Å². The van der Waals surface area contributed by atoms with Crippen LogP contribution in [0.2, 0.25) is 0 Å². The number of aliphatic hydroxyl groups excluding tert-OH is 1. The number of hydrogen-bond donors (Lipinski definition) is 1. The molecule has 0 fully saturated rings. The molecule has 1 N–H and O–H groups in total. The Morgan fingerprint density at radius 3 is 2.88 bits per heavy atom. The molecule has 0 atom stereocenters. The molecule has 0 aromatic heterocycles. The van der Waals surface area contributed by atoms with Gasteiger partial charge in [0.25, 0.3) is 5.69 Å². The molecule has 0 saturated heterocycles. The zero-order chi connectivity index (χ0) is 12.0. The van der Waals surface area contributed by atoms with Crippen molar-refractivity contribution in [1.29, 1.82) is 0 Å². The summed E-state index contributed by atoms with van der Waals surface area (Å²) in [4.78, 5) is 11.0. The van der Waals surface area contributed by atoms with E-state index in [9.17, 15) is 10.1 Å². The quantitative estimate of drug-likeness (QED) is 0.357. The Kier molecular flexibility index (Phi) is 5.24. The van der Waals surface area contributed by atoms with Crippen molar-refractivity contribution in [3.63, 3.8) is 0 Å². The van der Waals surface area contributed by atoms with Crippen LogP contribution in [0.3, 0.4) is 0 Å². The maximum Gasteiger partial charge on any atom is 0.274 e. The van der Waals surface area contributed by atoms with Crippen LogP contribution in [0.1, 0.15) is 5.56 Å². The number of methoxy groups -OCH3 is 1. The highest BCUT2D eigenvalue weighted by molar-refractivity contribution is 7.99. The SMILES string of the molecule is COCCSc1ccc([N+](=O)[O-])c(CO)c1. The van der Waals surface area contributed by atoms with E-state index in [1.165, 1.54) is 17.8 Å². The fraction of sp³-hybridized carbons (Fsp3) is 0.400. The third-order valence-corrected chi connectivity index (χ3v) is 2.93. The lowest BCUT2D eigenvalue weighted by Gasteiger charge is -2.04. The maximum atomic E-state index is 10.6. The summed E-state index contributed by atoms with van der Waals surface area (Å²) in [5, 5.41) is 19.6. The molecule has 0 aliphatic heterocycles. The van der Waals surface area contributed by atoms with Crippen molar-refractivity contribution in [1.82, 2.24) is 0 Å². The van der Waals surface area contributed by atoms with Crippen LogP contribution < -0.4 is 0 Å². The predicted molar refractivity (Wildman–Crippen MR) is 61.6 cm³/mol. The summed E-state index contributed by atoms with van der Waals surface area (Å²) >= 11 is 1.54. The van der Waals surface area contributed by atoms with Crippen LogP contribution >= 0.6 is 11.8 Å². The summed E-state index contributed by atoms with van der Waals surface area (Å²) in [5.74, 6) is 0.777. The van der Waals surface area contributed by atoms with Crippen molar-refractivity contribution in [2.45, 2.75) is 11.5 Å². The van der Waals surface area contributed by atoms with Crippen LogP contribution in [-0.2, 0) is 11.3 Å². The molecule has 1 rings (SSSR count). The van der Waals surface area contributed by atoms with Gasteiger partial charge in [0.15, 0.2) is 0 Å². The molecule has 6 heteroatoms. The van der Waals surface area contributed by atoms with Crippen molar-refractivity contribution < 1.29 is 14.8 Å². The van der Waals surface area contributed by atoms with Crippen LogP contribution in [0.5, 0.6) is 0 Å². The molecular formula is C10H13NO4S. The van der Waals surface area contributed by atoms with Crippen LogP contribution in [0.4, 0.5) is 5.69 Å². The van der Waals surface area contributed by atoms with E-state index in [1.54, 1.807) is 19.2 Å². The summed E-state index contributed by atoms with van der Waals surface area (Å²) in [6, 6.07) is 4.73. The van der Waals surface area contributed by atoms with Gasteiger partial charge in [-0.1, -0.05) is 0 Å². The molecule has 0 radical (unpaired) electrons. The Morgan fingerprint density at radius 2 is 2.31 bits per heavy atom. The summed E-state index contributed by atoms with van der Waals surface area (Å²) in [6.07, 6.45) is 0. The molecule has 1 aromatic carbocycles. The first-order valence-corrected chi connectivity index (χ1v) is 5.67. The zero-order valence-corrected chi connectivity index (χ0v) is 9.70. The minimum Gasteiger partial charge on any atom is -0.391 e. The molecule has 5 nitrogen and oxygen atoms in total. The molecule has 1 aromatic rings. The maximum absolute atomic E-state index is 10.6. The van der Waals surface area contributed by atoms with E-state index in [0.29, 0.717) is 12.2 Å². The highest BCUT2D eigenvalue weighted by Crippen LogP contribution is 2.25. The first-order chi connectivity index (χ1) is 7.69. The van der Waals surface area contributed by atoms with Gasteiger partial charge in [0, 0.05) is 23.8 Å². The summed E-state index contributed by atoms with van der Waals surface area (Å²) < 4.78 is 4.90. The Hall–Kier alpha value is -1.11. The van der Waals surface area contributed by atoms with E-state index < -0.39 is 4.92 Å². The minimum absolute atomic E-state index is 0.0430. The smallest absolute Gasteiger partial charge is 0.274 e. The number of thioether (sulfide) groups is 1. The van der Waals surface area contributed by atoms with Crippen LogP contribution in [0, 0.1) is 10.1 Å². The second-order valence-corrected chi connectivity index (χ2v) is 4.22. The topological polar surface area (TPSA) is 72.6 Å². The van der Waals surface area contributed by atoms with Gasteiger partial charge in [-0.2, -0.15) is 0 Å². The number of aliphatic hydroxyl groups is 1. The third kappa shape index (κ3) is 3.48. The fourth-order valence-electron chi connectivity index (χ4n) is 1.20. The Labute approximate surface area is 97.6 Å². The highest BCUT2D eigenvalue weighted by Gasteiger charge is 2.13. The summed E-state index contributed by atoms with van der Waals surface area (Å²) in [6.45, 7) is 0.297. The second-order valence-electron chi connectivity index (χ2n) is 3.05. The van der Waals surface area contributed by atoms with Crippen molar-refractivity contribution >= 4 is 17.4 Å². The van der Waals surface area contributed by atoms with E-state index >= 15 is 0 Å². The molecule has 0 spiro atoms. The number of rotatable bonds is 6. The number of nitrogens with zero attached hydrogens (tertiary/aromatic N) is 1. The zero-order valence-electron chi connectivity index (χ0n) is 8.88. The van der Waals surface area contributed by atoms with Crippen molar-refractivity contribution in [3.8, 4) is 0 Å². The molecule has 16 heavy (non-hydrogen) atoms. The van der Waals surface area contributed by atoms with Gasteiger partial charge in [-0.15, -0.1) is 11.8 Å². The van der Waals surface area contributed by atoms with Gasteiger partial charge in [0.2, 0.25) is 0 Å². The number of nitro groups is 1. The second kappa shape index (κ2) is 6.47. The number of nitro benzene ring substituents is 1. The normalized spacial score (nSPS) is 10.4. The molecule has 0 aliphatic carbocycles. The number of hydrogen-bond acceptors (Lipinski definition) is 5. The van der Waals surface area contributed by atoms with E-state index in [4.69, 9.17) is 9.84 Å². The monoisotopic (exact) mass is 243 g/mol. The van der Waals surface area contributed by atoms with Crippen molar-refractivity contribution in [2.24, 2.45) is 0 Å². The lowest BCUT2D eigenvalue weighted by Crippen LogP contribution is -1.96. The molecular weight excluding hydrogens is 230 g/mol. The lowest BCUT2D eigenvalue weighted by molar-refractivity contribution is -0.385. The van der Waals surface area contributed by atoms with Crippen molar-refractivity contribution in [3.05, 3.63) is 33.9 Å². The fourth-order valence-corrected chi connectivity index (χ4v) is 2.07. The predicted octanol–water partition coefficient (Wildman–Crippen LogP) is 1.83. The number of benzene rings is 1. The van der Waals surface area contributed by atoms with Crippen LogP contribution in [0.25, 0.3) is 0 Å². The molecule has 0 aliphatic rings. The van der Waals surface area contributed by atoms with Crippen LogP contribution in [0.15, 0.2) is 23.1 Å². The number of ether oxygens (including phenoxy) is 1. The lowest BCUT2D eigenvalue weighted by atomic mass is 10.2. The molecule has 0 amide bonds. The molecule has 0 bridgehead atoms. The first kappa shape index (κ1) is 13.0. The Morgan fingerprint density at radius 1 is 1.56 bits per heavy atom. The van der Waals surface area contributed by atoms with Gasteiger partial charge in [0.05, 0.1) is 23.7 Å². The summed E-state index contributed by atoms with van der Waals surface area (Å²) in [5.41, 5.74) is 0.297. The molecule has 0 saturated carbocycles. The van der Waals surface area contributed by atoms with Gasteiger partial charge in [0.1, 0.15) is 0 Å². The molecule has 88 valence electrons. The standard InChI is InChI=1S/C10H13NO4S/c1-15-4-5-16-9-2-3-10(11(13)14)8(6-9)7-12/h2-3,6,12H,4-5,7H2,1H3. The van der Waals surface area contributed by atoms with Gasteiger partial charge in [-0.25, -0.2) is 0 Å². The average Bonchev–Trinajstić information content (AvgIpc) is 2.29. The van der Waals surface area contributed by atoms with E-state index in [-0.39, 0.29) is 12.3 Å². The van der Waals surface area contributed by atoms with E-state index in [1.807, 2.05) is 0 Å². The highest BCUT2D eigenvalue weighted by atomic mass is 32.2. The Bertz CT molecular complexity index is 370. The van der Waals surface area contributed by atoms with Crippen LogP contribution in [-0.4, -0.2) is 29.5 Å². The molecule has 0 unspecified atom stereocenters. The van der Waals surface area contributed by atoms with Crippen molar-refractivity contribution in [2.75, 3.05) is 19.5 Å². The average molecular weight is 243 g/mol. The largest absolute Gasteiger partial charge is 0.391 e. The van der Waals surface area contributed by atoms with Gasteiger partial charge < -0.3 is 9.84 Å². The first-order valence-electron chi connectivity index (χ1n) is 4.69. The minimum atomic E-state index is -0.491. The summed E-state index contributed by atoms with van der Waals surface area (Å²) in [7, 11) is 1.62. The van der Waals surface area contributed by atoms with E-state index in [0.717, 1.165) is 10.6 Å². The van der Waals surface area contributed by atoms with Gasteiger partial charge >= 0.3 is 0 Å².